The fourth-order valence-corrected chi connectivity index (χ4v) is 10.4. The largest absolute Gasteiger partial charge is 0.493 e. The lowest BCUT2D eigenvalue weighted by atomic mass is 10.0. The number of ketones is 1. The minimum atomic E-state index is -1.45. The minimum absolute atomic E-state index is 0.0173. The summed E-state index contributed by atoms with van der Waals surface area (Å²) in [5.41, 5.74) is 2.99. The molecule has 21 nitrogen and oxygen atoms in total. The quantitative estimate of drug-likeness (QED) is 0.0557. The molecule has 432 valence electrons. The van der Waals surface area contributed by atoms with Crippen molar-refractivity contribution in [2.24, 2.45) is 5.92 Å². The first kappa shape index (κ1) is 59.0. The maximum Gasteiger partial charge on any atom is 0.417 e. The van der Waals surface area contributed by atoms with Crippen molar-refractivity contribution in [2.75, 3.05) is 36.6 Å². The molecule has 4 aromatic rings. The Hall–Kier alpha value is -8.17. The number of carbonyl (C=O) groups excluding carboxylic acids is 7. The van der Waals surface area contributed by atoms with E-state index in [1.165, 1.54) is 25.3 Å². The molecule has 0 unspecified atom stereocenters. The number of aliphatic hydroxyl groups is 2. The van der Waals surface area contributed by atoms with Gasteiger partial charge in [0.25, 0.3) is 11.8 Å². The fraction of sp³-hybridized carbons (Fsp3) is 0.450. The second-order valence-electron chi connectivity index (χ2n) is 22.0. The molecule has 81 heavy (non-hydrogen) atoms. The van der Waals surface area contributed by atoms with E-state index >= 15 is 0 Å². The number of aliphatic hydroxyl groups excluding tert-OH is 2. The van der Waals surface area contributed by atoms with Gasteiger partial charge in [-0.25, -0.2) is 24.2 Å². The van der Waals surface area contributed by atoms with Crippen LogP contribution in [0.25, 0.3) is 0 Å². The lowest BCUT2D eigenvalue weighted by Crippen LogP contribution is -2.53. The number of alkyl carbamates (subject to hydrolysis) is 1. The third-order valence-electron chi connectivity index (χ3n) is 14.6. The van der Waals surface area contributed by atoms with Gasteiger partial charge in [-0.3, -0.25) is 19.2 Å². The summed E-state index contributed by atoms with van der Waals surface area (Å²) in [4.78, 5) is 99.8. The number of amides is 6. The molecule has 2 saturated heterocycles. The van der Waals surface area contributed by atoms with Crippen molar-refractivity contribution in [1.82, 2.24) is 20.4 Å². The van der Waals surface area contributed by atoms with E-state index in [2.05, 4.69) is 17.2 Å². The average molecular weight is 1120 g/mol. The van der Waals surface area contributed by atoms with Gasteiger partial charge in [-0.15, -0.1) is 0 Å². The van der Waals surface area contributed by atoms with Crippen LogP contribution in [0.5, 0.6) is 17.2 Å². The minimum Gasteiger partial charge on any atom is -0.493 e. The van der Waals surface area contributed by atoms with Crippen LogP contribution in [-0.4, -0.2) is 131 Å². The van der Waals surface area contributed by atoms with Crippen molar-refractivity contribution in [3.05, 3.63) is 124 Å². The SMILES string of the molecule is C=CCOC(=O)N[C@H](C(=O)N[C@@H](C)C(=O)Cc1ccc(COC(=O)N2c3cc(OCc4cccc(COc5cc6c(cc5OC)C(=O)N5CCC[C@H]5[C@H](O)N6C(=O)OC(C)(C)C)c4)c(C)cc3C(=O)N3CCC[C@H]3[C@@H]2O)cc1)C(C)C. The standard InChI is InChI=1S/C60H72N6O15/c1-10-24-77-57(73)62-51(34(2)3)52(68)61-36(5)47(67)27-37-18-20-38(21-19-37)31-80-58(74)65-45-29-48(35(4)25-41(45)53(69)63-22-12-16-43(63)55(65)71)78-32-39-14-11-15-40(26-39)33-79-50-30-46-42(28-49(50)76-9)54(70)64-23-13-17-44(64)56(72)66(46)59(75)81-60(6,7)8/h10-11,14-15,18-21,25-26,28-30,34,36,43-44,51,55-56,71-72H,1,12-13,16-17,22-24,27,31-33H2,2-9H3,(H,61,68)(H,62,73)/t36-,43-,44-,51-,55-,56-/m0/s1. The lowest BCUT2D eigenvalue weighted by Gasteiger charge is -2.33. The molecule has 4 heterocycles. The fourth-order valence-electron chi connectivity index (χ4n) is 10.4. The van der Waals surface area contributed by atoms with Crippen LogP contribution in [0.1, 0.15) is 116 Å². The van der Waals surface area contributed by atoms with Crippen molar-refractivity contribution in [3.63, 3.8) is 0 Å². The summed E-state index contributed by atoms with van der Waals surface area (Å²) in [7, 11) is 1.45. The monoisotopic (exact) mass is 1120 g/mol. The van der Waals surface area contributed by atoms with Crippen LogP contribution in [0.2, 0.25) is 0 Å². The van der Waals surface area contributed by atoms with Gasteiger partial charge in [0.15, 0.2) is 29.7 Å². The van der Waals surface area contributed by atoms with Gasteiger partial charge in [-0.1, -0.05) is 69.0 Å². The predicted molar refractivity (Wildman–Crippen MR) is 297 cm³/mol. The van der Waals surface area contributed by atoms with Gasteiger partial charge in [0.2, 0.25) is 5.91 Å². The second kappa shape index (κ2) is 25.1. The molecule has 0 saturated carbocycles. The van der Waals surface area contributed by atoms with E-state index in [1.807, 2.05) is 24.3 Å². The number of fused-ring (bicyclic) bond motifs is 4. The molecule has 0 radical (unpaired) electrons. The normalized spacial score (nSPS) is 19.2. The molecule has 2 fully saturated rings. The van der Waals surface area contributed by atoms with Crippen LogP contribution in [0, 0.1) is 12.8 Å². The van der Waals surface area contributed by atoms with Gasteiger partial charge in [0, 0.05) is 31.6 Å². The van der Waals surface area contributed by atoms with Crippen LogP contribution < -0.4 is 34.6 Å². The zero-order valence-electron chi connectivity index (χ0n) is 47.0. The van der Waals surface area contributed by atoms with E-state index in [1.54, 1.807) is 94.7 Å². The molecule has 0 aromatic heterocycles. The van der Waals surface area contributed by atoms with Crippen molar-refractivity contribution in [3.8, 4) is 17.2 Å². The maximum absolute atomic E-state index is 14.2. The van der Waals surface area contributed by atoms with Crippen LogP contribution in [0.3, 0.4) is 0 Å². The summed E-state index contributed by atoms with van der Waals surface area (Å²) in [6.07, 6.45) is -1.67. The van der Waals surface area contributed by atoms with Gasteiger partial charge in [0.05, 0.1) is 47.7 Å². The van der Waals surface area contributed by atoms with Crippen LogP contribution in [0.15, 0.2) is 85.5 Å². The Morgan fingerprint density at radius 1 is 0.704 bits per heavy atom. The summed E-state index contributed by atoms with van der Waals surface area (Å²) in [5.74, 6) is -0.995. The number of nitrogens with zero attached hydrogens (tertiary/aromatic N) is 4. The Labute approximate surface area is 471 Å². The molecule has 6 atom stereocenters. The number of nitrogens with one attached hydrogen (secondary N) is 2. The zero-order chi connectivity index (χ0) is 58.4. The number of anilines is 2. The summed E-state index contributed by atoms with van der Waals surface area (Å²) < 4.78 is 34.9. The van der Waals surface area contributed by atoms with Gasteiger partial charge in [-0.05, 0) is 112 Å². The summed E-state index contributed by atoms with van der Waals surface area (Å²) >= 11 is 0. The number of Topliss-reactive ketones (excluding diaryl/α,β-unsaturated/α-hetero) is 1. The molecule has 0 bridgehead atoms. The molecular weight excluding hydrogens is 1040 g/mol. The molecule has 4 aliphatic heterocycles. The lowest BCUT2D eigenvalue weighted by molar-refractivity contribution is -0.129. The van der Waals surface area contributed by atoms with Gasteiger partial charge < -0.3 is 59.1 Å². The number of ether oxygens (including phenoxy) is 6. The summed E-state index contributed by atoms with van der Waals surface area (Å²) in [5, 5.41) is 28.8. The van der Waals surface area contributed by atoms with E-state index < -0.39 is 66.4 Å². The third-order valence-corrected chi connectivity index (χ3v) is 14.6. The number of methoxy groups -OCH3 is 1. The molecule has 21 heteroatoms. The number of aryl methyl sites for hydroxylation is 1. The molecule has 8 rings (SSSR count). The van der Waals surface area contributed by atoms with E-state index in [-0.39, 0.29) is 90.4 Å². The van der Waals surface area contributed by atoms with Gasteiger partial charge >= 0.3 is 18.3 Å². The van der Waals surface area contributed by atoms with Crippen LogP contribution in [-0.2, 0) is 50.0 Å². The summed E-state index contributed by atoms with van der Waals surface area (Å²) in [6.45, 7) is 16.2. The Bertz CT molecular complexity index is 3050. The summed E-state index contributed by atoms with van der Waals surface area (Å²) in [6, 6.07) is 17.3. The van der Waals surface area contributed by atoms with E-state index in [9.17, 15) is 43.8 Å². The molecule has 4 aliphatic rings. The molecule has 0 spiro atoms. The predicted octanol–water partition coefficient (Wildman–Crippen LogP) is 7.47. The molecule has 6 amide bonds. The first-order valence-corrected chi connectivity index (χ1v) is 27.2. The van der Waals surface area contributed by atoms with E-state index in [4.69, 9.17) is 28.4 Å². The maximum atomic E-state index is 14.2. The Balaban J connectivity index is 0.939. The topological polar surface area (TPSA) is 252 Å². The van der Waals surface area contributed by atoms with E-state index in [0.29, 0.717) is 61.2 Å². The number of hydrogen-bond donors (Lipinski definition) is 4. The number of rotatable bonds is 18. The van der Waals surface area contributed by atoms with E-state index in [0.717, 1.165) is 20.9 Å². The smallest absolute Gasteiger partial charge is 0.417 e. The third kappa shape index (κ3) is 13.4. The highest BCUT2D eigenvalue weighted by Gasteiger charge is 2.47. The number of benzene rings is 4. The Kier molecular flexibility index (Phi) is 18.3. The van der Waals surface area contributed by atoms with Crippen LogP contribution in [0.4, 0.5) is 25.8 Å². The highest BCUT2D eigenvalue weighted by Crippen LogP contribution is 2.43. The number of hydrogen-bond acceptors (Lipinski definition) is 15. The van der Waals surface area contributed by atoms with Gasteiger partial charge in [0.1, 0.15) is 43.8 Å². The van der Waals surface area contributed by atoms with Crippen molar-refractivity contribution in [2.45, 2.75) is 143 Å². The zero-order valence-corrected chi connectivity index (χ0v) is 47.0. The van der Waals surface area contributed by atoms with Crippen molar-refractivity contribution < 1.29 is 72.2 Å². The Morgan fingerprint density at radius 2 is 1.26 bits per heavy atom. The van der Waals surface area contributed by atoms with Crippen LogP contribution >= 0.6 is 0 Å². The highest BCUT2D eigenvalue weighted by atomic mass is 16.6. The van der Waals surface area contributed by atoms with Gasteiger partial charge in [-0.2, -0.15) is 0 Å². The first-order valence-electron chi connectivity index (χ1n) is 27.2. The first-order chi connectivity index (χ1) is 38.6. The second-order valence-corrected chi connectivity index (χ2v) is 22.0. The Morgan fingerprint density at radius 3 is 1.83 bits per heavy atom. The molecule has 4 N–H and O–H groups in total. The molecule has 0 aliphatic carbocycles. The van der Waals surface area contributed by atoms with Crippen molar-refractivity contribution in [1.29, 1.82) is 0 Å². The van der Waals surface area contributed by atoms with Crippen molar-refractivity contribution >= 4 is 53.2 Å². The average Bonchev–Trinajstić information content (AvgIpc) is 4.23. The highest BCUT2D eigenvalue weighted by molar-refractivity contribution is 6.07. The molecule has 4 aromatic carbocycles. The molecular formula is C60H72N6O15. The number of carbonyl (C=O) groups is 7.